The van der Waals surface area contributed by atoms with E-state index in [4.69, 9.17) is 4.74 Å². The fourth-order valence-electron chi connectivity index (χ4n) is 2.68. The summed E-state index contributed by atoms with van der Waals surface area (Å²) in [5, 5.41) is 15.3. The number of ether oxygens (including phenoxy) is 1. The molecule has 0 radical (unpaired) electrons. The van der Waals surface area contributed by atoms with E-state index in [0.717, 1.165) is 5.56 Å². The van der Waals surface area contributed by atoms with Crippen LogP contribution in [0.4, 0.5) is 11.4 Å². The van der Waals surface area contributed by atoms with Gasteiger partial charge in [0.25, 0.3) is 0 Å². The molecule has 0 aliphatic carbocycles. The molecular formula is C22H20N2O4. The average molecular weight is 376 g/mol. The van der Waals surface area contributed by atoms with Gasteiger partial charge >= 0.3 is 5.97 Å². The molecule has 6 heteroatoms. The number of amides is 1. The summed E-state index contributed by atoms with van der Waals surface area (Å²) < 4.78 is 5.99. The van der Waals surface area contributed by atoms with E-state index in [2.05, 4.69) is 10.6 Å². The summed E-state index contributed by atoms with van der Waals surface area (Å²) in [6, 6.07) is 21.7. The molecule has 0 heterocycles. The fraction of sp³-hybridized carbons (Fsp3) is 0.0909. The third-order valence-electron chi connectivity index (χ3n) is 3.94. The second-order valence-corrected chi connectivity index (χ2v) is 6.14. The van der Waals surface area contributed by atoms with Crippen LogP contribution in [0.5, 0.6) is 11.5 Å². The Kier molecular flexibility index (Phi) is 5.91. The van der Waals surface area contributed by atoms with Gasteiger partial charge in [-0.3, -0.25) is 4.79 Å². The largest absolute Gasteiger partial charge is 0.478 e. The Morgan fingerprint density at radius 1 is 0.929 bits per heavy atom. The Balaban J connectivity index is 2.02. The van der Waals surface area contributed by atoms with Crippen molar-refractivity contribution in [1.82, 2.24) is 0 Å². The quantitative estimate of drug-likeness (QED) is 0.554. The summed E-state index contributed by atoms with van der Waals surface area (Å²) in [5.41, 5.74) is 1.82. The second-order valence-electron chi connectivity index (χ2n) is 6.14. The van der Waals surface area contributed by atoms with Gasteiger partial charge in [0.05, 0.1) is 16.9 Å². The molecule has 0 spiro atoms. The van der Waals surface area contributed by atoms with Gasteiger partial charge < -0.3 is 20.5 Å². The number of rotatable bonds is 7. The first-order chi connectivity index (χ1) is 13.5. The standard InChI is InChI=1S/C22H20N2O4/c1-15(25)24-20-13-17(22(26)27)12-19(23-14-16-8-4-2-5-9-16)21(20)28-18-10-6-3-7-11-18/h2-13,23H,14H2,1H3,(H,24,25)(H,26,27). The number of carboxylic acids is 1. The summed E-state index contributed by atoms with van der Waals surface area (Å²) >= 11 is 0. The molecular weight excluding hydrogens is 356 g/mol. The van der Waals surface area contributed by atoms with Crippen molar-refractivity contribution >= 4 is 23.3 Å². The minimum Gasteiger partial charge on any atom is -0.478 e. The van der Waals surface area contributed by atoms with E-state index in [1.165, 1.54) is 19.1 Å². The molecule has 3 N–H and O–H groups in total. The second kappa shape index (κ2) is 8.73. The summed E-state index contributed by atoms with van der Waals surface area (Å²) in [6.07, 6.45) is 0. The molecule has 3 rings (SSSR count). The normalized spacial score (nSPS) is 10.2. The van der Waals surface area contributed by atoms with Gasteiger partial charge in [0.1, 0.15) is 5.75 Å². The zero-order valence-corrected chi connectivity index (χ0v) is 15.3. The molecule has 0 bridgehead atoms. The maximum atomic E-state index is 11.7. The third-order valence-corrected chi connectivity index (χ3v) is 3.94. The molecule has 6 nitrogen and oxygen atoms in total. The molecule has 0 saturated carbocycles. The van der Waals surface area contributed by atoms with Crippen LogP contribution in [-0.4, -0.2) is 17.0 Å². The molecule has 0 aromatic heterocycles. The van der Waals surface area contributed by atoms with Crippen molar-refractivity contribution < 1.29 is 19.4 Å². The van der Waals surface area contributed by atoms with E-state index in [1.54, 1.807) is 12.1 Å². The number of carbonyl (C=O) groups is 2. The Hall–Kier alpha value is -3.80. The van der Waals surface area contributed by atoms with Crippen molar-refractivity contribution in [3.63, 3.8) is 0 Å². The number of hydrogen-bond donors (Lipinski definition) is 3. The maximum Gasteiger partial charge on any atom is 0.335 e. The average Bonchev–Trinajstić information content (AvgIpc) is 2.69. The van der Waals surface area contributed by atoms with Crippen molar-refractivity contribution in [2.24, 2.45) is 0 Å². The number of hydrogen-bond acceptors (Lipinski definition) is 4. The number of nitrogens with one attached hydrogen (secondary N) is 2. The van der Waals surface area contributed by atoms with Gasteiger partial charge in [-0.05, 0) is 29.8 Å². The van der Waals surface area contributed by atoms with Gasteiger partial charge in [0.15, 0.2) is 5.75 Å². The number of para-hydroxylation sites is 1. The highest BCUT2D eigenvalue weighted by atomic mass is 16.5. The van der Waals surface area contributed by atoms with Gasteiger partial charge in [-0.15, -0.1) is 0 Å². The number of carbonyl (C=O) groups excluding carboxylic acids is 1. The van der Waals surface area contributed by atoms with Gasteiger partial charge in [0.2, 0.25) is 5.91 Å². The maximum absolute atomic E-state index is 11.7. The summed E-state index contributed by atoms with van der Waals surface area (Å²) in [6.45, 7) is 1.82. The van der Waals surface area contributed by atoms with Crippen LogP contribution in [0.3, 0.4) is 0 Å². The molecule has 0 unspecified atom stereocenters. The third kappa shape index (κ3) is 4.88. The molecule has 0 saturated heterocycles. The number of anilines is 2. The topological polar surface area (TPSA) is 87.7 Å². The van der Waals surface area contributed by atoms with Crippen LogP contribution in [-0.2, 0) is 11.3 Å². The van der Waals surface area contributed by atoms with Gasteiger partial charge in [-0.2, -0.15) is 0 Å². The monoisotopic (exact) mass is 376 g/mol. The SMILES string of the molecule is CC(=O)Nc1cc(C(=O)O)cc(NCc2ccccc2)c1Oc1ccccc1. The van der Waals surface area contributed by atoms with Gasteiger partial charge in [-0.1, -0.05) is 48.5 Å². The van der Waals surface area contributed by atoms with Crippen molar-refractivity contribution in [3.05, 3.63) is 83.9 Å². The molecule has 0 atom stereocenters. The molecule has 0 aliphatic heterocycles. The Bertz CT molecular complexity index is 973. The highest BCUT2D eigenvalue weighted by Gasteiger charge is 2.17. The molecule has 3 aromatic rings. The van der Waals surface area contributed by atoms with Crippen LogP contribution in [0.25, 0.3) is 0 Å². The fourth-order valence-corrected chi connectivity index (χ4v) is 2.68. The van der Waals surface area contributed by atoms with E-state index in [9.17, 15) is 14.7 Å². The van der Waals surface area contributed by atoms with E-state index in [-0.39, 0.29) is 17.2 Å². The van der Waals surface area contributed by atoms with Crippen LogP contribution in [0.2, 0.25) is 0 Å². The lowest BCUT2D eigenvalue weighted by Crippen LogP contribution is -2.11. The minimum absolute atomic E-state index is 0.0414. The first-order valence-electron chi connectivity index (χ1n) is 8.72. The number of benzene rings is 3. The molecule has 1 amide bonds. The number of carboxylic acid groups (broad SMARTS) is 1. The molecule has 142 valence electrons. The Morgan fingerprint density at radius 3 is 2.14 bits per heavy atom. The summed E-state index contributed by atoms with van der Waals surface area (Å²) in [4.78, 5) is 23.2. The first-order valence-corrected chi connectivity index (χ1v) is 8.72. The van der Waals surface area contributed by atoms with Gasteiger partial charge in [-0.25, -0.2) is 4.79 Å². The Morgan fingerprint density at radius 2 is 1.54 bits per heavy atom. The van der Waals surface area contributed by atoms with Crippen LogP contribution >= 0.6 is 0 Å². The molecule has 3 aromatic carbocycles. The highest BCUT2D eigenvalue weighted by Crippen LogP contribution is 2.38. The van der Waals surface area contributed by atoms with Crippen molar-refractivity contribution in [1.29, 1.82) is 0 Å². The summed E-state index contributed by atoms with van der Waals surface area (Å²) in [7, 11) is 0. The lowest BCUT2D eigenvalue weighted by atomic mass is 10.1. The minimum atomic E-state index is -1.10. The zero-order valence-electron chi connectivity index (χ0n) is 15.3. The summed E-state index contributed by atoms with van der Waals surface area (Å²) in [5.74, 6) is -0.502. The van der Waals surface area contributed by atoms with Crippen molar-refractivity contribution in [2.75, 3.05) is 10.6 Å². The van der Waals surface area contributed by atoms with Crippen LogP contribution in [0.15, 0.2) is 72.8 Å². The first kappa shape index (κ1) is 19.0. The zero-order chi connectivity index (χ0) is 19.9. The predicted octanol–water partition coefficient (Wildman–Crippen LogP) is 4.75. The smallest absolute Gasteiger partial charge is 0.335 e. The van der Waals surface area contributed by atoms with Crippen molar-refractivity contribution in [2.45, 2.75) is 13.5 Å². The number of aromatic carboxylic acids is 1. The van der Waals surface area contributed by atoms with E-state index in [0.29, 0.717) is 23.7 Å². The van der Waals surface area contributed by atoms with Crippen LogP contribution < -0.4 is 15.4 Å². The van der Waals surface area contributed by atoms with E-state index >= 15 is 0 Å². The van der Waals surface area contributed by atoms with E-state index < -0.39 is 5.97 Å². The van der Waals surface area contributed by atoms with Gasteiger partial charge in [0, 0.05) is 13.5 Å². The van der Waals surface area contributed by atoms with E-state index in [1.807, 2.05) is 48.5 Å². The lowest BCUT2D eigenvalue weighted by Gasteiger charge is -2.18. The van der Waals surface area contributed by atoms with Crippen molar-refractivity contribution in [3.8, 4) is 11.5 Å². The molecule has 0 fully saturated rings. The predicted molar refractivity (Wildman–Crippen MR) is 108 cm³/mol. The molecule has 28 heavy (non-hydrogen) atoms. The van der Waals surface area contributed by atoms with Crippen LogP contribution in [0, 0.1) is 0 Å². The molecule has 0 aliphatic rings. The highest BCUT2D eigenvalue weighted by molar-refractivity contribution is 5.97. The van der Waals surface area contributed by atoms with Crippen LogP contribution in [0.1, 0.15) is 22.8 Å². The Labute approximate surface area is 162 Å². The lowest BCUT2D eigenvalue weighted by molar-refractivity contribution is -0.114.